The molecule has 2 rings (SSSR count). The fraction of sp³-hybridized carbons (Fsp3) is 0.667. The van der Waals surface area contributed by atoms with Gasteiger partial charge in [0.25, 0.3) is 0 Å². The van der Waals surface area contributed by atoms with E-state index in [1.54, 1.807) is 12.3 Å². The molecule has 0 atom stereocenters. The summed E-state index contributed by atoms with van der Waals surface area (Å²) in [5.74, 6) is 1.33. The Morgan fingerprint density at radius 2 is 2.22 bits per heavy atom. The van der Waals surface area contributed by atoms with Gasteiger partial charge < -0.3 is 11.1 Å². The Morgan fingerprint density at radius 3 is 2.94 bits per heavy atom. The molecule has 3 N–H and O–H groups in total. The summed E-state index contributed by atoms with van der Waals surface area (Å²) in [7, 11) is 2.09. The third-order valence-electron chi connectivity index (χ3n) is 3.15. The summed E-state index contributed by atoms with van der Waals surface area (Å²) in [6.07, 6.45) is 1.71. The highest BCUT2D eigenvalue weighted by atomic mass is 15.2. The van der Waals surface area contributed by atoms with E-state index in [0.29, 0.717) is 5.82 Å². The van der Waals surface area contributed by atoms with Crippen molar-refractivity contribution in [1.29, 1.82) is 0 Å². The summed E-state index contributed by atoms with van der Waals surface area (Å²) in [5.41, 5.74) is 5.64. The Morgan fingerprint density at radius 1 is 1.44 bits per heavy atom. The molecule has 1 aromatic heterocycles. The summed E-state index contributed by atoms with van der Waals surface area (Å²) in [4.78, 5) is 13.1. The van der Waals surface area contributed by atoms with Crippen molar-refractivity contribution in [2.75, 3.05) is 52.0 Å². The molecule has 0 radical (unpaired) electrons. The van der Waals surface area contributed by atoms with E-state index in [2.05, 4.69) is 32.1 Å². The van der Waals surface area contributed by atoms with Crippen LogP contribution in [0.15, 0.2) is 12.3 Å². The molecule has 0 amide bonds. The van der Waals surface area contributed by atoms with Gasteiger partial charge >= 0.3 is 0 Å². The van der Waals surface area contributed by atoms with E-state index >= 15 is 0 Å². The standard InChI is InChI=1S/C12H22N6/c1-17(8-9-18-6-4-14-5-7-18)10-12-15-3-2-11(13)16-12/h2-3,14H,4-10H2,1H3,(H2,13,15,16). The van der Waals surface area contributed by atoms with Crippen molar-refractivity contribution in [1.82, 2.24) is 25.1 Å². The Kier molecular flexibility index (Phi) is 4.86. The summed E-state index contributed by atoms with van der Waals surface area (Å²) in [6.45, 7) is 7.35. The van der Waals surface area contributed by atoms with Crippen LogP contribution in [0.1, 0.15) is 5.82 Å². The molecule has 0 saturated carbocycles. The van der Waals surface area contributed by atoms with Crippen LogP contribution >= 0.6 is 0 Å². The van der Waals surface area contributed by atoms with Crippen molar-refractivity contribution in [2.45, 2.75) is 6.54 Å². The van der Waals surface area contributed by atoms with Crippen LogP contribution < -0.4 is 11.1 Å². The molecule has 18 heavy (non-hydrogen) atoms. The smallest absolute Gasteiger partial charge is 0.144 e. The molecule has 0 spiro atoms. The largest absolute Gasteiger partial charge is 0.384 e. The Labute approximate surface area is 108 Å². The Balaban J connectivity index is 1.72. The number of nitrogens with two attached hydrogens (primary N) is 1. The molecule has 1 aliphatic heterocycles. The highest BCUT2D eigenvalue weighted by Gasteiger charge is 2.10. The van der Waals surface area contributed by atoms with Crippen LogP contribution in [0.2, 0.25) is 0 Å². The van der Waals surface area contributed by atoms with Gasteiger partial charge in [-0.2, -0.15) is 0 Å². The Hall–Kier alpha value is -1.24. The molecular formula is C12H22N6. The first kappa shape index (κ1) is 13.2. The van der Waals surface area contributed by atoms with Crippen LogP contribution in [-0.4, -0.2) is 66.1 Å². The third kappa shape index (κ3) is 4.21. The van der Waals surface area contributed by atoms with Crippen molar-refractivity contribution < 1.29 is 0 Å². The van der Waals surface area contributed by atoms with Crippen LogP contribution in [0.5, 0.6) is 0 Å². The number of anilines is 1. The van der Waals surface area contributed by atoms with Gasteiger partial charge in [0.1, 0.15) is 11.6 Å². The molecule has 1 saturated heterocycles. The maximum absolute atomic E-state index is 5.64. The minimum atomic E-state index is 0.538. The average Bonchev–Trinajstić information content (AvgIpc) is 2.38. The molecule has 2 heterocycles. The number of aromatic nitrogens is 2. The number of nitrogens with zero attached hydrogens (tertiary/aromatic N) is 4. The topological polar surface area (TPSA) is 70.3 Å². The van der Waals surface area contributed by atoms with Gasteiger partial charge in [0.2, 0.25) is 0 Å². The maximum Gasteiger partial charge on any atom is 0.144 e. The second-order valence-corrected chi connectivity index (χ2v) is 4.73. The van der Waals surface area contributed by atoms with Crippen LogP contribution in [0.3, 0.4) is 0 Å². The molecule has 6 heteroatoms. The van der Waals surface area contributed by atoms with Crippen LogP contribution in [0, 0.1) is 0 Å². The molecule has 0 aromatic carbocycles. The predicted octanol–water partition coefficient (Wildman–Crippen LogP) is -0.604. The van der Waals surface area contributed by atoms with Gasteiger partial charge in [0.05, 0.1) is 6.54 Å². The SMILES string of the molecule is CN(CCN1CCNCC1)Cc1nccc(N)n1. The second kappa shape index (κ2) is 6.63. The van der Waals surface area contributed by atoms with Gasteiger partial charge in [-0.25, -0.2) is 9.97 Å². The third-order valence-corrected chi connectivity index (χ3v) is 3.15. The van der Waals surface area contributed by atoms with Crippen molar-refractivity contribution in [2.24, 2.45) is 0 Å². The highest BCUT2D eigenvalue weighted by Crippen LogP contribution is 2.00. The molecule has 100 valence electrons. The lowest BCUT2D eigenvalue weighted by Crippen LogP contribution is -2.45. The summed E-state index contributed by atoms with van der Waals surface area (Å²) in [6, 6.07) is 1.71. The zero-order chi connectivity index (χ0) is 12.8. The molecule has 1 fully saturated rings. The Bertz CT molecular complexity index is 363. The zero-order valence-electron chi connectivity index (χ0n) is 11.0. The molecule has 0 aliphatic carbocycles. The number of hydrogen-bond donors (Lipinski definition) is 2. The summed E-state index contributed by atoms with van der Waals surface area (Å²) in [5, 5.41) is 3.36. The number of nitrogens with one attached hydrogen (secondary N) is 1. The van der Waals surface area contributed by atoms with E-state index in [9.17, 15) is 0 Å². The van der Waals surface area contributed by atoms with Crippen LogP contribution in [0.4, 0.5) is 5.82 Å². The number of piperazine rings is 1. The van der Waals surface area contributed by atoms with E-state index < -0.39 is 0 Å². The fourth-order valence-corrected chi connectivity index (χ4v) is 2.06. The quantitative estimate of drug-likeness (QED) is 0.727. The normalized spacial score (nSPS) is 17.2. The molecule has 1 aromatic rings. The van der Waals surface area contributed by atoms with Crippen LogP contribution in [-0.2, 0) is 6.54 Å². The van der Waals surface area contributed by atoms with Gasteiger partial charge in [0, 0.05) is 45.5 Å². The molecule has 0 unspecified atom stereocenters. The molecule has 0 bridgehead atoms. The molecule has 1 aliphatic rings. The predicted molar refractivity (Wildman–Crippen MR) is 72.1 cm³/mol. The fourth-order valence-electron chi connectivity index (χ4n) is 2.06. The number of rotatable bonds is 5. The summed E-state index contributed by atoms with van der Waals surface area (Å²) < 4.78 is 0. The van der Waals surface area contributed by atoms with Gasteiger partial charge in [-0.1, -0.05) is 0 Å². The average molecular weight is 250 g/mol. The van der Waals surface area contributed by atoms with E-state index in [1.807, 2.05) is 0 Å². The van der Waals surface area contributed by atoms with E-state index in [1.165, 1.54) is 0 Å². The monoisotopic (exact) mass is 250 g/mol. The van der Waals surface area contributed by atoms with Gasteiger partial charge in [-0.05, 0) is 13.1 Å². The number of hydrogen-bond acceptors (Lipinski definition) is 6. The first-order valence-electron chi connectivity index (χ1n) is 6.43. The number of nitrogen functional groups attached to an aromatic ring is 1. The van der Waals surface area contributed by atoms with Gasteiger partial charge in [0.15, 0.2) is 0 Å². The van der Waals surface area contributed by atoms with Gasteiger partial charge in [-0.15, -0.1) is 0 Å². The molecular weight excluding hydrogens is 228 g/mol. The van der Waals surface area contributed by atoms with Crippen molar-refractivity contribution >= 4 is 5.82 Å². The van der Waals surface area contributed by atoms with Crippen molar-refractivity contribution in [3.8, 4) is 0 Å². The lowest BCUT2D eigenvalue weighted by molar-refractivity contribution is 0.200. The van der Waals surface area contributed by atoms with Crippen molar-refractivity contribution in [3.05, 3.63) is 18.1 Å². The van der Waals surface area contributed by atoms with Crippen molar-refractivity contribution in [3.63, 3.8) is 0 Å². The first-order chi connectivity index (χ1) is 8.74. The minimum Gasteiger partial charge on any atom is -0.384 e. The second-order valence-electron chi connectivity index (χ2n) is 4.73. The molecule has 6 nitrogen and oxygen atoms in total. The van der Waals surface area contributed by atoms with E-state index in [4.69, 9.17) is 5.73 Å². The zero-order valence-corrected chi connectivity index (χ0v) is 11.0. The minimum absolute atomic E-state index is 0.538. The highest BCUT2D eigenvalue weighted by molar-refractivity contribution is 5.24. The number of likely N-dealkylation sites (N-methyl/N-ethyl adjacent to an activating group) is 1. The first-order valence-corrected chi connectivity index (χ1v) is 6.43. The summed E-state index contributed by atoms with van der Waals surface area (Å²) >= 11 is 0. The van der Waals surface area contributed by atoms with Gasteiger partial charge in [-0.3, -0.25) is 9.80 Å². The lowest BCUT2D eigenvalue weighted by atomic mass is 10.3. The van der Waals surface area contributed by atoms with E-state index in [0.717, 1.165) is 51.6 Å². The van der Waals surface area contributed by atoms with E-state index in [-0.39, 0.29) is 0 Å². The van der Waals surface area contributed by atoms with Crippen LogP contribution in [0.25, 0.3) is 0 Å². The maximum atomic E-state index is 5.64. The lowest BCUT2D eigenvalue weighted by Gasteiger charge is -2.28.